The lowest BCUT2D eigenvalue weighted by Crippen LogP contribution is -1.89. The van der Waals surface area contributed by atoms with Gasteiger partial charge in [0.05, 0.1) is 6.61 Å². The van der Waals surface area contributed by atoms with Gasteiger partial charge in [0.25, 0.3) is 0 Å². The molecule has 0 aliphatic heterocycles. The molecule has 0 spiro atoms. The maximum atomic E-state index is 10.2. The maximum absolute atomic E-state index is 10.2. The van der Waals surface area contributed by atoms with Crippen molar-refractivity contribution < 1.29 is 9.53 Å². The number of halogens is 1. The predicted octanol–water partition coefficient (Wildman–Crippen LogP) is 4.22. The van der Waals surface area contributed by atoms with Crippen LogP contribution in [0.15, 0.2) is 28.7 Å². The highest BCUT2D eigenvalue weighted by molar-refractivity contribution is 9.10. The number of benzene rings is 1. The zero-order chi connectivity index (χ0) is 12.4. The summed E-state index contributed by atoms with van der Waals surface area (Å²) in [4.78, 5) is 10.2. The van der Waals surface area contributed by atoms with Crippen LogP contribution in [-0.4, -0.2) is 12.4 Å². The molecule has 3 heteroatoms. The van der Waals surface area contributed by atoms with Crippen LogP contribution in [0, 0.1) is 0 Å². The van der Waals surface area contributed by atoms with Crippen LogP contribution in [0.3, 0.4) is 0 Å². The maximum Gasteiger partial charge on any atom is 0.132 e. The molecule has 0 aromatic heterocycles. The second-order valence-electron chi connectivity index (χ2n) is 3.14. The molecule has 0 heterocycles. The first-order chi connectivity index (χ1) is 7.63. The van der Waals surface area contributed by atoms with E-state index in [1.807, 2.05) is 45.0 Å². The lowest BCUT2D eigenvalue weighted by Gasteiger charge is -2.01. The van der Waals surface area contributed by atoms with Gasteiger partial charge in [-0.2, -0.15) is 0 Å². The van der Waals surface area contributed by atoms with Crippen molar-refractivity contribution in [3.63, 3.8) is 0 Å². The van der Waals surface area contributed by atoms with E-state index in [0.29, 0.717) is 18.6 Å². The fourth-order valence-electron chi connectivity index (χ4n) is 0.973. The minimum Gasteiger partial charge on any atom is -0.494 e. The van der Waals surface area contributed by atoms with Crippen molar-refractivity contribution in [3.05, 3.63) is 28.7 Å². The van der Waals surface area contributed by atoms with E-state index in [4.69, 9.17) is 4.74 Å². The van der Waals surface area contributed by atoms with Crippen molar-refractivity contribution in [1.29, 1.82) is 0 Å². The van der Waals surface area contributed by atoms with Gasteiger partial charge in [0.15, 0.2) is 0 Å². The van der Waals surface area contributed by atoms with E-state index in [0.717, 1.165) is 16.8 Å². The molecule has 1 aromatic rings. The highest BCUT2D eigenvalue weighted by atomic mass is 79.9. The van der Waals surface area contributed by atoms with E-state index in [1.165, 1.54) is 0 Å². The molecular formula is C13H19BrO2. The zero-order valence-electron chi connectivity index (χ0n) is 10.1. The molecule has 0 aliphatic rings. The minimum absolute atomic E-state index is 0.343. The van der Waals surface area contributed by atoms with Crippen LogP contribution in [0.1, 0.15) is 33.6 Å². The molecule has 0 unspecified atom stereocenters. The van der Waals surface area contributed by atoms with Gasteiger partial charge >= 0.3 is 0 Å². The fourth-order valence-corrected chi connectivity index (χ4v) is 1.35. The lowest BCUT2D eigenvalue weighted by molar-refractivity contribution is -0.118. The van der Waals surface area contributed by atoms with Gasteiger partial charge in [-0.3, -0.25) is 4.79 Å². The van der Waals surface area contributed by atoms with Crippen molar-refractivity contribution >= 4 is 21.7 Å². The summed E-state index contributed by atoms with van der Waals surface area (Å²) in [6.45, 7) is 6.45. The van der Waals surface area contributed by atoms with Crippen molar-refractivity contribution in [2.75, 3.05) is 6.61 Å². The number of Topliss-reactive ketones (excluding diaryl/α,β-unsaturated/α-hetero) is 1. The van der Waals surface area contributed by atoms with E-state index in [2.05, 4.69) is 15.9 Å². The van der Waals surface area contributed by atoms with Gasteiger partial charge < -0.3 is 4.74 Å². The molecular weight excluding hydrogens is 268 g/mol. The highest BCUT2D eigenvalue weighted by Gasteiger charge is 1.90. The molecule has 0 N–H and O–H groups in total. The number of ether oxygens (including phenoxy) is 1. The molecule has 0 radical (unpaired) electrons. The summed E-state index contributed by atoms with van der Waals surface area (Å²) < 4.78 is 6.31. The Morgan fingerprint density at radius 1 is 1.25 bits per heavy atom. The Balaban J connectivity index is 0.000000325. The van der Waals surface area contributed by atoms with Crippen molar-refractivity contribution in [1.82, 2.24) is 0 Å². The van der Waals surface area contributed by atoms with E-state index in [9.17, 15) is 4.79 Å². The molecule has 0 aliphatic carbocycles. The van der Waals surface area contributed by atoms with Gasteiger partial charge in [0, 0.05) is 17.3 Å². The van der Waals surface area contributed by atoms with Crippen LogP contribution in [0.2, 0.25) is 0 Å². The summed E-state index contributed by atoms with van der Waals surface area (Å²) in [6.07, 6.45) is 1.38. The Labute approximate surface area is 106 Å². The third-order valence-corrected chi connectivity index (χ3v) is 2.39. The molecule has 1 aromatic carbocycles. The predicted molar refractivity (Wildman–Crippen MR) is 70.9 cm³/mol. The average Bonchev–Trinajstić information content (AvgIpc) is 2.29. The van der Waals surface area contributed by atoms with Crippen LogP contribution in [0.25, 0.3) is 0 Å². The normalized spacial score (nSPS) is 9.00. The molecule has 0 amide bonds. The van der Waals surface area contributed by atoms with Gasteiger partial charge in [0.1, 0.15) is 11.5 Å². The Morgan fingerprint density at radius 3 is 2.25 bits per heavy atom. The zero-order valence-corrected chi connectivity index (χ0v) is 11.7. The van der Waals surface area contributed by atoms with E-state index >= 15 is 0 Å². The average molecular weight is 287 g/mol. The third kappa shape index (κ3) is 7.46. The van der Waals surface area contributed by atoms with Crippen molar-refractivity contribution in [3.8, 4) is 5.75 Å². The molecule has 0 saturated heterocycles. The summed E-state index contributed by atoms with van der Waals surface area (Å²) in [5.41, 5.74) is 0. The van der Waals surface area contributed by atoms with Gasteiger partial charge in [-0.15, -0.1) is 0 Å². The quantitative estimate of drug-likeness (QED) is 0.828. The molecule has 0 fully saturated rings. The number of hydrogen-bond donors (Lipinski definition) is 0. The molecule has 16 heavy (non-hydrogen) atoms. The van der Waals surface area contributed by atoms with Crippen molar-refractivity contribution in [2.24, 2.45) is 0 Å². The first kappa shape index (κ1) is 15.2. The van der Waals surface area contributed by atoms with Crippen LogP contribution >= 0.6 is 15.9 Å². The smallest absolute Gasteiger partial charge is 0.132 e. The first-order valence-electron chi connectivity index (χ1n) is 5.54. The third-order valence-electron chi connectivity index (χ3n) is 1.90. The van der Waals surface area contributed by atoms with Crippen LogP contribution in [-0.2, 0) is 4.79 Å². The van der Waals surface area contributed by atoms with Crippen LogP contribution in [0.5, 0.6) is 5.75 Å². The summed E-state index contributed by atoms with van der Waals surface area (Å²) in [6, 6.07) is 7.81. The lowest BCUT2D eigenvalue weighted by atomic mass is 10.3. The molecule has 1 rings (SSSR count). The summed E-state index contributed by atoms with van der Waals surface area (Å²) in [5, 5.41) is 0. The fraction of sp³-hybridized carbons (Fsp3) is 0.462. The monoisotopic (exact) mass is 286 g/mol. The van der Waals surface area contributed by atoms with Gasteiger partial charge in [-0.25, -0.2) is 0 Å². The Morgan fingerprint density at radius 2 is 1.88 bits per heavy atom. The molecule has 0 atom stereocenters. The Bertz CT molecular complexity index is 305. The summed E-state index contributed by atoms with van der Waals surface area (Å²) in [5.74, 6) is 1.26. The van der Waals surface area contributed by atoms with Gasteiger partial charge in [-0.05, 0) is 25.1 Å². The van der Waals surface area contributed by atoms with Crippen LogP contribution in [0.4, 0.5) is 0 Å². The Kier molecular flexibility index (Phi) is 8.91. The van der Waals surface area contributed by atoms with E-state index in [-0.39, 0.29) is 0 Å². The standard InChI is InChI=1S/C8H9BrO.C5H10O/c1-2-10-8-5-3-4-7(9)6-8;1-3-5(6)4-2/h3-6H,2H2,1H3;3-4H2,1-2H3. The minimum atomic E-state index is 0.343. The topological polar surface area (TPSA) is 26.3 Å². The second kappa shape index (κ2) is 9.40. The summed E-state index contributed by atoms with van der Waals surface area (Å²) in [7, 11) is 0. The second-order valence-corrected chi connectivity index (χ2v) is 4.05. The van der Waals surface area contributed by atoms with Gasteiger partial charge in [-0.1, -0.05) is 35.8 Å². The summed E-state index contributed by atoms with van der Waals surface area (Å²) >= 11 is 3.35. The van der Waals surface area contributed by atoms with E-state index in [1.54, 1.807) is 0 Å². The molecule has 0 saturated carbocycles. The number of hydrogen-bond acceptors (Lipinski definition) is 2. The largest absolute Gasteiger partial charge is 0.494 e. The van der Waals surface area contributed by atoms with Crippen LogP contribution < -0.4 is 4.74 Å². The Hall–Kier alpha value is -0.830. The SMILES string of the molecule is CCC(=O)CC.CCOc1cccc(Br)c1. The van der Waals surface area contributed by atoms with E-state index < -0.39 is 0 Å². The highest BCUT2D eigenvalue weighted by Crippen LogP contribution is 2.17. The van der Waals surface area contributed by atoms with Crippen molar-refractivity contribution in [2.45, 2.75) is 33.6 Å². The molecule has 0 bridgehead atoms. The number of carbonyl (C=O) groups is 1. The number of carbonyl (C=O) groups excluding carboxylic acids is 1. The van der Waals surface area contributed by atoms with Gasteiger partial charge in [0.2, 0.25) is 0 Å². The number of ketones is 1. The molecule has 2 nitrogen and oxygen atoms in total. The molecule has 90 valence electrons. The first-order valence-corrected chi connectivity index (χ1v) is 6.33. The number of rotatable bonds is 4.